The highest BCUT2D eigenvalue weighted by Crippen LogP contribution is 2.60. The number of ether oxygens (including phenoxy) is 1. The number of para-hydroxylation sites is 1. The van der Waals surface area contributed by atoms with Crippen molar-refractivity contribution in [3.05, 3.63) is 102 Å². The molecular formula is C34H33FN2O4Si. The Balaban J connectivity index is 1.21. The van der Waals surface area contributed by atoms with Gasteiger partial charge in [-0.05, 0) is 60.8 Å². The van der Waals surface area contributed by atoms with Gasteiger partial charge in [-0.1, -0.05) is 61.5 Å². The van der Waals surface area contributed by atoms with Crippen molar-refractivity contribution < 1.29 is 23.5 Å². The van der Waals surface area contributed by atoms with Crippen molar-refractivity contribution in [2.75, 3.05) is 16.4 Å². The Labute approximate surface area is 245 Å². The van der Waals surface area contributed by atoms with E-state index in [0.29, 0.717) is 18.5 Å². The maximum Gasteiger partial charge on any atom is 0.264 e. The third-order valence-corrected chi connectivity index (χ3v) is 11.8. The van der Waals surface area contributed by atoms with Crippen LogP contribution in [0.25, 0.3) is 10.8 Å². The average molecular weight is 581 g/mol. The van der Waals surface area contributed by atoms with Crippen molar-refractivity contribution in [2.24, 2.45) is 5.92 Å². The standard InChI is InChI=1S/C34H33FN2O4Si/c1-21-31(42(2,3)35)29(18-19-38)41-34(21)26-11-4-5-12-27(26)36(33(34)40)20-22-14-16-24(17-15-22)37-28-13-7-9-23-8-6-10-25(30(23)28)32(37)39/h4-17,21,29,31,38H,18-20H2,1-3H3/t21-,29+,31-,34+/m1/s1. The van der Waals surface area contributed by atoms with Gasteiger partial charge >= 0.3 is 0 Å². The fourth-order valence-corrected chi connectivity index (χ4v) is 10.2. The van der Waals surface area contributed by atoms with Gasteiger partial charge < -0.3 is 18.9 Å². The molecule has 8 heteroatoms. The van der Waals surface area contributed by atoms with E-state index in [9.17, 15) is 14.7 Å². The fraction of sp³-hybridized carbons (Fsp3) is 0.294. The van der Waals surface area contributed by atoms with Crippen molar-refractivity contribution in [3.63, 3.8) is 0 Å². The van der Waals surface area contributed by atoms with Gasteiger partial charge in [0.1, 0.15) is 0 Å². The zero-order valence-electron chi connectivity index (χ0n) is 23.9. The summed E-state index contributed by atoms with van der Waals surface area (Å²) in [7, 11) is -3.23. The SMILES string of the molecule is C[C@@H]1[C@@H]([Si](C)(C)F)[C@H](CCO)O[C@@]12C(=O)N(Cc1ccc(N3C(=O)c4cccc5cccc3c45)cc1)c1ccccc12. The molecule has 3 heterocycles. The van der Waals surface area contributed by atoms with Crippen molar-refractivity contribution in [3.8, 4) is 0 Å². The van der Waals surface area contributed by atoms with E-state index in [1.54, 1.807) is 22.9 Å². The van der Waals surface area contributed by atoms with Crippen molar-refractivity contribution in [2.45, 2.75) is 50.2 Å². The molecule has 0 bridgehead atoms. The molecule has 214 valence electrons. The monoisotopic (exact) mass is 580 g/mol. The quantitative estimate of drug-likeness (QED) is 0.200. The molecule has 4 atom stereocenters. The van der Waals surface area contributed by atoms with E-state index in [-0.39, 0.29) is 24.3 Å². The molecule has 0 aliphatic carbocycles. The zero-order valence-corrected chi connectivity index (χ0v) is 24.9. The molecule has 1 saturated heterocycles. The van der Waals surface area contributed by atoms with Gasteiger partial charge in [-0.15, -0.1) is 0 Å². The van der Waals surface area contributed by atoms with E-state index in [1.165, 1.54) is 0 Å². The van der Waals surface area contributed by atoms with E-state index in [1.807, 2.05) is 91.9 Å². The zero-order chi connectivity index (χ0) is 29.4. The number of benzene rings is 4. The van der Waals surface area contributed by atoms with Gasteiger partial charge in [-0.2, -0.15) is 0 Å². The summed E-state index contributed by atoms with van der Waals surface area (Å²) < 4.78 is 22.2. The molecular weight excluding hydrogens is 547 g/mol. The van der Waals surface area contributed by atoms with Crippen molar-refractivity contribution in [1.82, 2.24) is 0 Å². The summed E-state index contributed by atoms with van der Waals surface area (Å²) in [6, 6.07) is 27.1. The van der Waals surface area contributed by atoms with Crippen LogP contribution in [0.2, 0.25) is 18.6 Å². The van der Waals surface area contributed by atoms with Crippen LogP contribution in [0.4, 0.5) is 21.2 Å². The Bertz CT molecular complexity index is 1730. The summed E-state index contributed by atoms with van der Waals surface area (Å²) in [6.07, 6.45) is -0.236. The molecule has 3 aliphatic rings. The number of rotatable bonds is 6. The smallest absolute Gasteiger partial charge is 0.264 e. The molecule has 0 aromatic heterocycles. The first-order valence-electron chi connectivity index (χ1n) is 14.5. The summed E-state index contributed by atoms with van der Waals surface area (Å²) in [5.41, 5.74) is 3.03. The predicted molar refractivity (Wildman–Crippen MR) is 164 cm³/mol. The number of hydrogen-bond donors (Lipinski definition) is 1. The van der Waals surface area contributed by atoms with Crippen LogP contribution in [-0.2, 0) is 21.7 Å². The molecule has 0 unspecified atom stereocenters. The summed E-state index contributed by atoms with van der Waals surface area (Å²) >= 11 is 0. The molecule has 1 N–H and O–H groups in total. The van der Waals surface area contributed by atoms with Crippen LogP contribution in [0.15, 0.2) is 84.9 Å². The lowest BCUT2D eigenvalue weighted by molar-refractivity contribution is -0.146. The lowest BCUT2D eigenvalue weighted by atomic mass is 9.82. The van der Waals surface area contributed by atoms with Crippen LogP contribution < -0.4 is 9.80 Å². The number of aliphatic hydroxyl groups excluding tert-OH is 1. The molecule has 3 aliphatic heterocycles. The molecule has 0 radical (unpaired) electrons. The van der Waals surface area contributed by atoms with Gasteiger partial charge in [0.15, 0.2) is 5.60 Å². The Hall–Kier alpha value is -3.85. The van der Waals surface area contributed by atoms with Gasteiger partial charge in [0.2, 0.25) is 8.41 Å². The molecule has 1 spiro atoms. The van der Waals surface area contributed by atoms with E-state index in [0.717, 1.165) is 39.0 Å². The molecule has 7 rings (SSSR count). The lowest BCUT2D eigenvalue weighted by Gasteiger charge is -2.31. The highest BCUT2D eigenvalue weighted by Gasteiger charge is 2.66. The predicted octanol–water partition coefficient (Wildman–Crippen LogP) is 6.84. The first-order valence-corrected chi connectivity index (χ1v) is 17.5. The van der Waals surface area contributed by atoms with Gasteiger partial charge in [0, 0.05) is 34.7 Å². The van der Waals surface area contributed by atoms with Crippen LogP contribution in [0.5, 0.6) is 0 Å². The topological polar surface area (TPSA) is 70.1 Å². The minimum atomic E-state index is -3.23. The fourth-order valence-electron chi connectivity index (χ4n) is 7.66. The summed E-state index contributed by atoms with van der Waals surface area (Å²) in [4.78, 5) is 31.2. The van der Waals surface area contributed by atoms with Crippen molar-refractivity contribution >= 4 is 48.1 Å². The minimum absolute atomic E-state index is 0.0566. The number of carbonyl (C=O) groups excluding carboxylic acids is 2. The molecule has 6 nitrogen and oxygen atoms in total. The van der Waals surface area contributed by atoms with Crippen LogP contribution in [0, 0.1) is 5.92 Å². The largest absolute Gasteiger partial charge is 0.396 e. The maximum absolute atomic E-state index is 15.7. The summed E-state index contributed by atoms with van der Waals surface area (Å²) in [5, 5.41) is 11.7. The van der Waals surface area contributed by atoms with E-state index in [2.05, 4.69) is 0 Å². The van der Waals surface area contributed by atoms with E-state index >= 15 is 4.11 Å². The molecule has 2 amide bonds. The number of amides is 2. The number of aliphatic hydroxyl groups is 1. The second-order valence-electron chi connectivity index (χ2n) is 12.2. The van der Waals surface area contributed by atoms with E-state index < -0.39 is 25.7 Å². The summed E-state index contributed by atoms with van der Waals surface area (Å²) in [5.74, 6) is -0.632. The van der Waals surface area contributed by atoms with Crippen LogP contribution >= 0.6 is 0 Å². The number of anilines is 3. The molecule has 1 fully saturated rings. The molecule has 4 aromatic carbocycles. The second-order valence-corrected chi connectivity index (χ2v) is 16.0. The Morgan fingerprint density at radius 1 is 0.929 bits per heavy atom. The highest BCUT2D eigenvalue weighted by molar-refractivity contribution is 6.72. The third-order valence-electron chi connectivity index (χ3n) is 9.37. The minimum Gasteiger partial charge on any atom is -0.396 e. The lowest BCUT2D eigenvalue weighted by Crippen LogP contribution is -2.45. The van der Waals surface area contributed by atoms with Crippen LogP contribution in [0.3, 0.4) is 0 Å². The molecule has 42 heavy (non-hydrogen) atoms. The first-order chi connectivity index (χ1) is 20.2. The number of fused-ring (bicyclic) bond motifs is 2. The number of nitrogens with zero attached hydrogens (tertiary/aromatic N) is 2. The number of carbonyl (C=O) groups is 2. The first kappa shape index (κ1) is 27.0. The average Bonchev–Trinajstić information content (AvgIpc) is 3.52. The summed E-state index contributed by atoms with van der Waals surface area (Å²) in [6.45, 7) is 5.43. The Morgan fingerprint density at radius 3 is 2.33 bits per heavy atom. The normalized spacial score (nSPS) is 24.8. The van der Waals surface area contributed by atoms with Gasteiger partial charge in [-0.3, -0.25) is 14.5 Å². The van der Waals surface area contributed by atoms with E-state index in [4.69, 9.17) is 4.74 Å². The Morgan fingerprint density at radius 2 is 1.62 bits per heavy atom. The Kier molecular flexibility index (Phi) is 6.17. The second kappa shape index (κ2) is 9.59. The van der Waals surface area contributed by atoms with Crippen LogP contribution in [-0.4, -0.2) is 38.0 Å². The number of hydrogen-bond acceptors (Lipinski definition) is 4. The molecule has 0 saturated carbocycles. The van der Waals surface area contributed by atoms with Gasteiger partial charge in [0.25, 0.3) is 11.8 Å². The molecule has 4 aromatic rings. The van der Waals surface area contributed by atoms with Gasteiger partial charge in [0.05, 0.1) is 29.6 Å². The van der Waals surface area contributed by atoms with Crippen LogP contribution in [0.1, 0.15) is 34.8 Å². The third kappa shape index (κ3) is 3.75. The highest BCUT2D eigenvalue weighted by atomic mass is 28.4. The van der Waals surface area contributed by atoms with Gasteiger partial charge in [-0.25, -0.2) is 0 Å². The van der Waals surface area contributed by atoms with Crippen molar-refractivity contribution in [1.29, 1.82) is 0 Å². The maximum atomic E-state index is 15.7. The number of halogens is 1.